The highest BCUT2D eigenvalue weighted by molar-refractivity contribution is 8.00. The van der Waals surface area contributed by atoms with E-state index in [0.717, 1.165) is 24.1 Å². The molecule has 0 radical (unpaired) electrons. The zero-order valence-electron chi connectivity index (χ0n) is 10.7. The predicted octanol–water partition coefficient (Wildman–Crippen LogP) is 2.33. The van der Waals surface area contributed by atoms with Crippen molar-refractivity contribution in [2.24, 2.45) is 0 Å². The molecule has 1 aromatic heterocycles. The van der Waals surface area contributed by atoms with Crippen molar-refractivity contribution in [1.29, 1.82) is 0 Å². The van der Waals surface area contributed by atoms with E-state index >= 15 is 0 Å². The molecule has 1 aromatic rings. The minimum absolute atomic E-state index is 0.809. The van der Waals surface area contributed by atoms with Crippen LogP contribution >= 0.6 is 11.8 Å². The van der Waals surface area contributed by atoms with E-state index < -0.39 is 0 Å². The number of furan rings is 1. The largest absolute Gasteiger partial charge is 0.468 e. The first kappa shape index (κ1) is 13.0. The van der Waals surface area contributed by atoms with Crippen LogP contribution in [-0.4, -0.2) is 36.0 Å². The number of hydrogen-bond donors (Lipinski definition) is 1. The molecule has 0 amide bonds. The highest BCUT2D eigenvalue weighted by atomic mass is 32.2. The fourth-order valence-corrected chi connectivity index (χ4v) is 3.48. The summed E-state index contributed by atoms with van der Waals surface area (Å²) in [6.45, 7) is 6.55. The normalized spacial score (nSPS) is 21.9. The van der Waals surface area contributed by atoms with E-state index in [4.69, 9.17) is 4.42 Å². The maximum Gasteiger partial charge on any atom is 0.122 e. The maximum atomic E-state index is 5.51. The van der Waals surface area contributed by atoms with Gasteiger partial charge in [0.1, 0.15) is 5.76 Å². The van der Waals surface area contributed by atoms with Crippen LogP contribution in [-0.2, 0) is 13.1 Å². The minimum atomic E-state index is 0.809. The van der Waals surface area contributed by atoms with Gasteiger partial charge in [-0.25, -0.2) is 0 Å². The summed E-state index contributed by atoms with van der Waals surface area (Å²) >= 11 is 2.12. The topological polar surface area (TPSA) is 28.4 Å². The lowest BCUT2D eigenvalue weighted by atomic mass is 10.2. The lowest BCUT2D eigenvalue weighted by molar-refractivity contribution is 0.270. The van der Waals surface area contributed by atoms with Gasteiger partial charge in [-0.1, -0.05) is 6.92 Å². The molecule has 1 N–H and O–H groups in total. The molecular formula is C13H22N2OS. The van der Waals surface area contributed by atoms with Crippen LogP contribution in [0.1, 0.15) is 24.7 Å². The van der Waals surface area contributed by atoms with Gasteiger partial charge in [-0.2, -0.15) is 11.8 Å². The van der Waals surface area contributed by atoms with Crippen LogP contribution in [0, 0.1) is 0 Å². The second-order valence-corrected chi connectivity index (χ2v) is 5.94. The van der Waals surface area contributed by atoms with Crippen LogP contribution in [0.2, 0.25) is 0 Å². The first-order valence-corrected chi connectivity index (χ1v) is 7.42. The Bertz CT molecular complexity index is 340. The van der Waals surface area contributed by atoms with Crippen LogP contribution in [0.4, 0.5) is 0 Å². The molecule has 0 saturated carbocycles. The van der Waals surface area contributed by atoms with Crippen LogP contribution in [0.25, 0.3) is 0 Å². The SMILES string of the molecule is CCC1CN(Cc2ccoc2CNC)CCS1. The van der Waals surface area contributed by atoms with E-state index in [1.807, 2.05) is 7.05 Å². The summed E-state index contributed by atoms with van der Waals surface area (Å²) in [7, 11) is 1.96. The molecule has 0 aromatic carbocycles. The standard InChI is InChI=1S/C13H22N2OS/c1-3-12-10-15(5-7-17-12)9-11-4-6-16-13(11)8-14-2/h4,6,12,14H,3,5,7-10H2,1-2H3. The fourth-order valence-electron chi connectivity index (χ4n) is 2.24. The summed E-state index contributed by atoms with van der Waals surface area (Å²) in [5, 5.41) is 3.96. The number of rotatable bonds is 5. The summed E-state index contributed by atoms with van der Waals surface area (Å²) in [5.74, 6) is 2.34. The third-order valence-electron chi connectivity index (χ3n) is 3.25. The van der Waals surface area contributed by atoms with Crippen LogP contribution in [0.5, 0.6) is 0 Å². The summed E-state index contributed by atoms with van der Waals surface area (Å²) in [6.07, 6.45) is 3.08. The Hall–Kier alpha value is -0.450. The summed E-state index contributed by atoms with van der Waals surface area (Å²) in [5.41, 5.74) is 1.33. The van der Waals surface area contributed by atoms with Gasteiger partial charge in [-0.05, 0) is 19.5 Å². The molecule has 0 aliphatic carbocycles. The molecular weight excluding hydrogens is 232 g/mol. The van der Waals surface area contributed by atoms with E-state index in [1.54, 1.807) is 6.26 Å². The molecule has 4 heteroatoms. The summed E-state index contributed by atoms with van der Waals surface area (Å²) in [4.78, 5) is 2.55. The van der Waals surface area contributed by atoms with Gasteiger partial charge < -0.3 is 9.73 Å². The lowest BCUT2D eigenvalue weighted by Gasteiger charge is -2.31. The van der Waals surface area contributed by atoms with Gasteiger partial charge in [0.2, 0.25) is 0 Å². The van der Waals surface area contributed by atoms with Crippen molar-refractivity contribution in [1.82, 2.24) is 10.2 Å². The Kier molecular flexibility index (Phi) is 4.95. The third kappa shape index (κ3) is 3.50. The van der Waals surface area contributed by atoms with Crippen molar-refractivity contribution < 1.29 is 4.42 Å². The van der Waals surface area contributed by atoms with Gasteiger partial charge in [0.05, 0.1) is 12.8 Å². The monoisotopic (exact) mass is 254 g/mol. The number of hydrogen-bond acceptors (Lipinski definition) is 4. The molecule has 96 valence electrons. The van der Waals surface area contributed by atoms with E-state index in [1.165, 1.54) is 30.8 Å². The molecule has 1 unspecified atom stereocenters. The Morgan fingerprint density at radius 2 is 2.47 bits per heavy atom. The Labute approximate surface area is 108 Å². The zero-order chi connectivity index (χ0) is 12.1. The van der Waals surface area contributed by atoms with Crippen molar-refractivity contribution >= 4 is 11.8 Å². The molecule has 1 atom stereocenters. The molecule has 0 bridgehead atoms. The highest BCUT2D eigenvalue weighted by Gasteiger charge is 2.20. The molecule has 0 spiro atoms. The predicted molar refractivity (Wildman–Crippen MR) is 73.3 cm³/mol. The highest BCUT2D eigenvalue weighted by Crippen LogP contribution is 2.23. The minimum Gasteiger partial charge on any atom is -0.468 e. The number of nitrogens with one attached hydrogen (secondary N) is 1. The van der Waals surface area contributed by atoms with E-state index in [2.05, 4.69) is 35.0 Å². The number of thioether (sulfide) groups is 1. The summed E-state index contributed by atoms with van der Waals surface area (Å²) < 4.78 is 5.51. The van der Waals surface area contributed by atoms with Gasteiger partial charge in [-0.15, -0.1) is 0 Å². The van der Waals surface area contributed by atoms with Crippen molar-refractivity contribution in [2.75, 3.05) is 25.9 Å². The van der Waals surface area contributed by atoms with E-state index in [-0.39, 0.29) is 0 Å². The van der Waals surface area contributed by atoms with Gasteiger partial charge >= 0.3 is 0 Å². The Morgan fingerprint density at radius 3 is 3.24 bits per heavy atom. The molecule has 1 aliphatic rings. The zero-order valence-corrected chi connectivity index (χ0v) is 11.6. The third-order valence-corrected chi connectivity index (χ3v) is 4.62. The van der Waals surface area contributed by atoms with E-state index in [0.29, 0.717) is 0 Å². The first-order valence-electron chi connectivity index (χ1n) is 6.37. The van der Waals surface area contributed by atoms with E-state index in [9.17, 15) is 0 Å². The molecule has 2 heterocycles. The molecule has 3 nitrogen and oxygen atoms in total. The quantitative estimate of drug-likeness (QED) is 0.873. The van der Waals surface area contributed by atoms with Crippen LogP contribution < -0.4 is 5.32 Å². The average Bonchev–Trinajstić information content (AvgIpc) is 2.78. The molecule has 17 heavy (non-hydrogen) atoms. The molecule has 1 fully saturated rings. The van der Waals surface area contributed by atoms with Gasteiger partial charge in [0, 0.05) is 36.2 Å². The summed E-state index contributed by atoms with van der Waals surface area (Å²) in [6, 6.07) is 2.11. The van der Waals surface area contributed by atoms with Gasteiger partial charge in [-0.3, -0.25) is 4.90 Å². The lowest BCUT2D eigenvalue weighted by Crippen LogP contribution is -2.37. The van der Waals surface area contributed by atoms with Crippen LogP contribution in [0.15, 0.2) is 16.7 Å². The fraction of sp³-hybridized carbons (Fsp3) is 0.692. The molecule has 1 saturated heterocycles. The molecule has 2 rings (SSSR count). The van der Waals surface area contributed by atoms with Gasteiger partial charge in [0.25, 0.3) is 0 Å². The average molecular weight is 254 g/mol. The molecule has 1 aliphatic heterocycles. The second-order valence-electron chi connectivity index (χ2n) is 4.54. The van der Waals surface area contributed by atoms with Crippen molar-refractivity contribution in [3.8, 4) is 0 Å². The Morgan fingerprint density at radius 1 is 1.59 bits per heavy atom. The van der Waals surface area contributed by atoms with Crippen molar-refractivity contribution in [3.63, 3.8) is 0 Å². The Balaban J connectivity index is 1.93. The maximum absolute atomic E-state index is 5.51. The number of nitrogens with zero attached hydrogens (tertiary/aromatic N) is 1. The van der Waals surface area contributed by atoms with Crippen molar-refractivity contribution in [2.45, 2.75) is 31.7 Å². The first-order chi connectivity index (χ1) is 8.33. The van der Waals surface area contributed by atoms with Gasteiger partial charge in [0.15, 0.2) is 0 Å². The second kappa shape index (κ2) is 6.47. The van der Waals surface area contributed by atoms with Crippen molar-refractivity contribution in [3.05, 3.63) is 23.7 Å². The smallest absolute Gasteiger partial charge is 0.122 e. The van der Waals surface area contributed by atoms with Crippen LogP contribution in [0.3, 0.4) is 0 Å².